The standard InChI is InChI=1S/C13H13N3O2/c1-10-11(5-4-6-12(10)16(17)18)9-15-13-7-2-3-8-14-13/h2-8H,9H2,1H3,(H,14,15). The molecule has 0 bridgehead atoms. The van der Waals surface area contributed by atoms with E-state index in [0.717, 1.165) is 11.4 Å². The number of hydrogen-bond donors (Lipinski definition) is 1. The summed E-state index contributed by atoms with van der Waals surface area (Å²) in [5.74, 6) is 0.753. The van der Waals surface area contributed by atoms with Gasteiger partial charge in [0.05, 0.1) is 4.92 Å². The summed E-state index contributed by atoms with van der Waals surface area (Å²) in [7, 11) is 0. The first-order valence-electron chi connectivity index (χ1n) is 5.56. The van der Waals surface area contributed by atoms with Crippen molar-refractivity contribution in [2.45, 2.75) is 13.5 Å². The second kappa shape index (κ2) is 5.27. The highest BCUT2D eigenvalue weighted by atomic mass is 16.6. The van der Waals surface area contributed by atoms with Crippen LogP contribution in [0.4, 0.5) is 11.5 Å². The van der Waals surface area contributed by atoms with Crippen LogP contribution in [0.25, 0.3) is 0 Å². The Kier molecular flexibility index (Phi) is 3.52. The summed E-state index contributed by atoms with van der Waals surface area (Å²) in [4.78, 5) is 14.6. The van der Waals surface area contributed by atoms with Crippen LogP contribution in [0.15, 0.2) is 42.6 Å². The number of nitro groups is 1. The lowest BCUT2D eigenvalue weighted by Gasteiger charge is -2.08. The Labute approximate surface area is 105 Å². The largest absolute Gasteiger partial charge is 0.366 e. The van der Waals surface area contributed by atoms with Crippen molar-refractivity contribution < 1.29 is 4.92 Å². The van der Waals surface area contributed by atoms with E-state index in [4.69, 9.17) is 0 Å². The molecule has 0 saturated carbocycles. The summed E-state index contributed by atoms with van der Waals surface area (Å²) in [5.41, 5.74) is 1.73. The maximum atomic E-state index is 10.8. The summed E-state index contributed by atoms with van der Waals surface area (Å²) in [5, 5.41) is 14.0. The van der Waals surface area contributed by atoms with Crippen LogP contribution >= 0.6 is 0 Å². The molecule has 0 aliphatic rings. The van der Waals surface area contributed by atoms with Gasteiger partial charge in [-0.25, -0.2) is 4.98 Å². The molecule has 0 unspecified atom stereocenters. The van der Waals surface area contributed by atoms with E-state index in [1.165, 1.54) is 6.07 Å². The molecule has 0 amide bonds. The molecule has 0 aliphatic carbocycles. The van der Waals surface area contributed by atoms with Crippen molar-refractivity contribution in [1.29, 1.82) is 0 Å². The van der Waals surface area contributed by atoms with Crippen LogP contribution in [-0.4, -0.2) is 9.91 Å². The molecule has 0 spiro atoms. The van der Waals surface area contributed by atoms with Gasteiger partial charge in [-0.05, 0) is 24.6 Å². The zero-order valence-electron chi connectivity index (χ0n) is 9.96. The maximum absolute atomic E-state index is 10.8. The SMILES string of the molecule is Cc1c(CNc2ccccn2)cccc1[N+](=O)[O-]. The zero-order chi connectivity index (χ0) is 13.0. The van der Waals surface area contributed by atoms with E-state index in [9.17, 15) is 10.1 Å². The number of benzene rings is 1. The van der Waals surface area contributed by atoms with E-state index in [0.29, 0.717) is 12.1 Å². The second-order valence-corrected chi connectivity index (χ2v) is 3.89. The monoisotopic (exact) mass is 243 g/mol. The number of hydrogen-bond acceptors (Lipinski definition) is 4. The van der Waals surface area contributed by atoms with Crippen molar-refractivity contribution in [2.75, 3.05) is 5.32 Å². The topological polar surface area (TPSA) is 68.1 Å². The number of nitro benzene ring substituents is 1. The third kappa shape index (κ3) is 2.63. The number of pyridine rings is 1. The second-order valence-electron chi connectivity index (χ2n) is 3.89. The highest BCUT2D eigenvalue weighted by molar-refractivity contribution is 5.46. The summed E-state index contributed by atoms with van der Waals surface area (Å²) in [6.07, 6.45) is 1.70. The Morgan fingerprint density at radius 2 is 2.11 bits per heavy atom. The first kappa shape index (κ1) is 12.0. The smallest absolute Gasteiger partial charge is 0.272 e. The molecular formula is C13H13N3O2. The number of anilines is 1. The van der Waals surface area contributed by atoms with E-state index in [-0.39, 0.29) is 10.6 Å². The van der Waals surface area contributed by atoms with E-state index in [1.54, 1.807) is 19.2 Å². The lowest BCUT2D eigenvalue weighted by molar-refractivity contribution is -0.385. The fourth-order valence-electron chi connectivity index (χ4n) is 1.71. The molecule has 0 saturated heterocycles. The van der Waals surface area contributed by atoms with Gasteiger partial charge >= 0.3 is 0 Å². The van der Waals surface area contributed by atoms with Crippen molar-refractivity contribution in [3.63, 3.8) is 0 Å². The summed E-state index contributed by atoms with van der Waals surface area (Å²) >= 11 is 0. The first-order chi connectivity index (χ1) is 8.68. The minimum atomic E-state index is -0.362. The number of nitrogens with one attached hydrogen (secondary N) is 1. The van der Waals surface area contributed by atoms with Crippen molar-refractivity contribution >= 4 is 11.5 Å². The molecule has 0 aliphatic heterocycles. The lowest BCUT2D eigenvalue weighted by Crippen LogP contribution is -2.04. The van der Waals surface area contributed by atoms with Crippen LogP contribution in [-0.2, 0) is 6.54 Å². The maximum Gasteiger partial charge on any atom is 0.272 e. The number of aromatic nitrogens is 1. The van der Waals surface area contributed by atoms with Crippen molar-refractivity contribution in [3.05, 3.63) is 63.8 Å². The Balaban J connectivity index is 2.15. The summed E-state index contributed by atoms with van der Waals surface area (Å²) in [6, 6.07) is 10.7. The molecule has 5 nitrogen and oxygen atoms in total. The fraction of sp³-hybridized carbons (Fsp3) is 0.154. The Morgan fingerprint density at radius 3 is 2.78 bits per heavy atom. The van der Waals surface area contributed by atoms with Crippen LogP contribution in [0.2, 0.25) is 0 Å². The summed E-state index contributed by atoms with van der Waals surface area (Å²) in [6.45, 7) is 2.28. The fourth-order valence-corrected chi connectivity index (χ4v) is 1.71. The highest BCUT2D eigenvalue weighted by Gasteiger charge is 2.12. The van der Waals surface area contributed by atoms with Gasteiger partial charge in [0.15, 0.2) is 0 Å². The molecular weight excluding hydrogens is 230 g/mol. The molecule has 1 heterocycles. The van der Waals surface area contributed by atoms with Gasteiger partial charge in [0.1, 0.15) is 5.82 Å². The van der Waals surface area contributed by atoms with Crippen molar-refractivity contribution in [3.8, 4) is 0 Å². The van der Waals surface area contributed by atoms with E-state index in [2.05, 4.69) is 10.3 Å². The molecule has 18 heavy (non-hydrogen) atoms. The molecule has 2 aromatic rings. The third-order valence-electron chi connectivity index (χ3n) is 2.74. The molecule has 1 N–H and O–H groups in total. The zero-order valence-corrected chi connectivity index (χ0v) is 9.96. The van der Waals surface area contributed by atoms with Crippen LogP contribution in [0.3, 0.4) is 0 Å². The Hall–Kier alpha value is -2.43. The Morgan fingerprint density at radius 1 is 1.28 bits per heavy atom. The van der Waals surface area contributed by atoms with Crippen LogP contribution in [0.1, 0.15) is 11.1 Å². The molecule has 1 aromatic heterocycles. The average Bonchev–Trinajstić information content (AvgIpc) is 2.38. The molecule has 0 atom stereocenters. The predicted octanol–water partition coefficient (Wildman–Crippen LogP) is 2.91. The molecule has 92 valence electrons. The van der Waals surface area contributed by atoms with Gasteiger partial charge in [-0.3, -0.25) is 10.1 Å². The third-order valence-corrected chi connectivity index (χ3v) is 2.74. The van der Waals surface area contributed by atoms with E-state index in [1.807, 2.05) is 24.3 Å². The summed E-state index contributed by atoms with van der Waals surface area (Å²) < 4.78 is 0. The first-order valence-corrected chi connectivity index (χ1v) is 5.56. The van der Waals surface area contributed by atoms with Crippen molar-refractivity contribution in [1.82, 2.24) is 4.98 Å². The Bertz CT molecular complexity index is 555. The van der Waals surface area contributed by atoms with E-state index < -0.39 is 0 Å². The molecule has 5 heteroatoms. The van der Waals surface area contributed by atoms with Gasteiger partial charge in [0, 0.05) is 24.4 Å². The van der Waals surface area contributed by atoms with Crippen LogP contribution in [0, 0.1) is 17.0 Å². The minimum absolute atomic E-state index is 0.148. The van der Waals surface area contributed by atoms with Gasteiger partial charge in [0.2, 0.25) is 0 Å². The van der Waals surface area contributed by atoms with Crippen LogP contribution < -0.4 is 5.32 Å². The van der Waals surface area contributed by atoms with Gasteiger partial charge in [0.25, 0.3) is 5.69 Å². The molecule has 0 fully saturated rings. The molecule has 0 radical (unpaired) electrons. The van der Waals surface area contributed by atoms with E-state index >= 15 is 0 Å². The normalized spacial score (nSPS) is 10.1. The number of nitrogens with zero attached hydrogens (tertiary/aromatic N) is 2. The number of rotatable bonds is 4. The van der Waals surface area contributed by atoms with Gasteiger partial charge in [-0.2, -0.15) is 0 Å². The van der Waals surface area contributed by atoms with Gasteiger partial charge in [-0.15, -0.1) is 0 Å². The quantitative estimate of drug-likeness (QED) is 0.662. The lowest BCUT2D eigenvalue weighted by atomic mass is 10.1. The predicted molar refractivity (Wildman–Crippen MR) is 69.4 cm³/mol. The van der Waals surface area contributed by atoms with Crippen LogP contribution in [0.5, 0.6) is 0 Å². The highest BCUT2D eigenvalue weighted by Crippen LogP contribution is 2.21. The van der Waals surface area contributed by atoms with Gasteiger partial charge in [-0.1, -0.05) is 18.2 Å². The molecule has 2 rings (SSSR count). The van der Waals surface area contributed by atoms with Crippen molar-refractivity contribution in [2.24, 2.45) is 0 Å². The average molecular weight is 243 g/mol. The van der Waals surface area contributed by atoms with Gasteiger partial charge < -0.3 is 5.32 Å². The molecule has 1 aromatic carbocycles. The minimum Gasteiger partial charge on any atom is -0.366 e.